The van der Waals surface area contributed by atoms with E-state index in [0.717, 1.165) is 13.2 Å². The van der Waals surface area contributed by atoms with Gasteiger partial charge in [0.15, 0.2) is 0 Å². The van der Waals surface area contributed by atoms with Gasteiger partial charge in [0, 0.05) is 19.6 Å². The Hall–Kier alpha value is -0.120. The maximum absolute atomic E-state index is 5.55. The third kappa shape index (κ3) is 6.46. The van der Waals surface area contributed by atoms with E-state index in [4.69, 9.17) is 4.74 Å². The van der Waals surface area contributed by atoms with Gasteiger partial charge in [-0.1, -0.05) is 6.42 Å². The molecule has 96 valence electrons. The van der Waals surface area contributed by atoms with Crippen LogP contribution in [0.15, 0.2) is 0 Å². The highest BCUT2D eigenvalue weighted by atomic mass is 16.5. The largest absolute Gasteiger partial charge is 0.377 e. The Kier molecular flexibility index (Phi) is 7.01. The first-order valence-corrected chi connectivity index (χ1v) is 6.71. The first kappa shape index (κ1) is 13.9. The average Bonchev–Trinajstić information content (AvgIpc) is 2.27. The second-order valence-corrected chi connectivity index (χ2v) is 5.13. The number of ether oxygens (including phenoxy) is 1. The Bertz CT molecular complexity index is 167. The van der Waals surface area contributed by atoms with Crippen LogP contribution in [0.3, 0.4) is 0 Å². The molecule has 0 radical (unpaired) electrons. The fraction of sp³-hybridized carbons (Fsp3) is 1.00. The van der Waals surface area contributed by atoms with Crippen LogP contribution < -0.4 is 0 Å². The summed E-state index contributed by atoms with van der Waals surface area (Å²) < 4.78 is 5.55. The Morgan fingerprint density at radius 3 is 2.44 bits per heavy atom. The zero-order chi connectivity index (χ0) is 11.8. The summed E-state index contributed by atoms with van der Waals surface area (Å²) in [5.41, 5.74) is 0. The molecule has 0 aromatic rings. The van der Waals surface area contributed by atoms with Gasteiger partial charge >= 0.3 is 0 Å². The van der Waals surface area contributed by atoms with Gasteiger partial charge in [-0.25, -0.2) is 0 Å². The summed E-state index contributed by atoms with van der Waals surface area (Å²) in [5.74, 6) is 0. The smallest absolute Gasteiger partial charge is 0.0596 e. The van der Waals surface area contributed by atoms with E-state index in [2.05, 4.69) is 30.7 Å². The molecular formula is C13H28N2O. The van der Waals surface area contributed by atoms with E-state index in [-0.39, 0.29) is 0 Å². The molecule has 0 aromatic heterocycles. The molecule has 1 saturated heterocycles. The van der Waals surface area contributed by atoms with Gasteiger partial charge in [0.25, 0.3) is 0 Å². The number of hydrogen-bond donors (Lipinski definition) is 0. The van der Waals surface area contributed by atoms with Crippen molar-refractivity contribution >= 4 is 0 Å². The van der Waals surface area contributed by atoms with Crippen molar-refractivity contribution < 1.29 is 4.74 Å². The highest BCUT2D eigenvalue weighted by Crippen LogP contribution is 2.07. The number of nitrogens with zero attached hydrogens (tertiary/aromatic N) is 2. The van der Waals surface area contributed by atoms with Crippen LogP contribution in [0.25, 0.3) is 0 Å². The van der Waals surface area contributed by atoms with Gasteiger partial charge in [-0.2, -0.15) is 0 Å². The highest BCUT2D eigenvalue weighted by molar-refractivity contribution is 4.66. The molecule has 1 heterocycles. The zero-order valence-corrected chi connectivity index (χ0v) is 11.2. The van der Waals surface area contributed by atoms with Gasteiger partial charge in [0.05, 0.1) is 12.7 Å². The molecule has 1 aliphatic heterocycles. The molecule has 0 bridgehead atoms. The molecule has 3 heteroatoms. The summed E-state index contributed by atoms with van der Waals surface area (Å²) in [7, 11) is 2.19. The van der Waals surface area contributed by atoms with Crippen molar-refractivity contribution in [2.24, 2.45) is 0 Å². The average molecular weight is 228 g/mol. The van der Waals surface area contributed by atoms with Crippen LogP contribution in [0.5, 0.6) is 0 Å². The number of hydrogen-bond acceptors (Lipinski definition) is 3. The monoisotopic (exact) mass is 228 g/mol. The maximum atomic E-state index is 5.55. The summed E-state index contributed by atoms with van der Waals surface area (Å²) in [6.45, 7) is 11.1. The van der Waals surface area contributed by atoms with Crippen LogP contribution in [0.4, 0.5) is 0 Å². The summed E-state index contributed by atoms with van der Waals surface area (Å²) in [6, 6.07) is 0. The minimum atomic E-state index is 0.357. The van der Waals surface area contributed by atoms with Crippen molar-refractivity contribution in [2.45, 2.75) is 39.2 Å². The lowest BCUT2D eigenvalue weighted by molar-refractivity contribution is 0.0615. The lowest BCUT2D eigenvalue weighted by atomic mass is 10.1. The van der Waals surface area contributed by atoms with Gasteiger partial charge in [-0.05, 0) is 46.8 Å². The number of likely N-dealkylation sites (tertiary alicyclic amines) is 1. The summed E-state index contributed by atoms with van der Waals surface area (Å²) in [4.78, 5) is 4.96. The van der Waals surface area contributed by atoms with E-state index in [1.165, 1.54) is 45.4 Å². The molecule has 0 amide bonds. The molecule has 1 fully saturated rings. The normalized spacial score (nSPS) is 18.6. The zero-order valence-electron chi connectivity index (χ0n) is 11.2. The Morgan fingerprint density at radius 2 is 1.81 bits per heavy atom. The second kappa shape index (κ2) is 8.04. The minimum absolute atomic E-state index is 0.357. The van der Waals surface area contributed by atoms with Gasteiger partial charge in [-0.3, -0.25) is 0 Å². The number of rotatable bonds is 7. The lowest BCUT2D eigenvalue weighted by Crippen LogP contribution is -2.37. The van der Waals surface area contributed by atoms with E-state index in [9.17, 15) is 0 Å². The first-order chi connectivity index (χ1) is 7.68. The van der Waals surface area contributed by atoms with Crippen molar-refractivity contribution in [3.05, 3.63) is 0 Å². The fourth-order valence-corrected chi connectivity index (χ4v) is 2.05. The third-order valence-corrected chi connectivity index (χ3v) is 3.17. The summed E-state index contributed by atoms with van der Waals surface area (Å²) in [6.07, 6.45) is 4.56. The van der Waals surface area contributed by atoms with E-state index in [1.54, 1.807) is 0 Å². The van der Waals surface area contributed by atoms with Crippen molar-refractivity contribution in [3.63, 3.8) is 0 Å². The fourth-order valence-electron chi connectivity index (χ4n) is 2.05. The van der Waals surface area contributed by atoms with Crippen LogP contribution in [-0.4, -0.2) is 62.3 Å². The van der Waals surface area contributed by atoms with Crippen LogP contribution in [0.2, 0.25) is 0 Å². The Morgan fingerprint density at radius 1 is 1.12 bits per heavy atom. The van der Waals surface area contributed by atoms with E-state index < -0.39 is 0 Å². The SMILES string of the molecule is CC(C)OCCN(C)CCN1CCCCC1. The molecule has 0 aliphatic carbocycles. The van der Waals surface area contributed by atoms with Gasteiger partial charge in [0.1, 0.15) is 0 Å². The van der Waals surface area contributed by atoms with Crippen molar-refractivity contribution in [1.82, 2.24) is 9.80 Å². The lowest BCUT2D eigenvalue weighted by Gasteiger charge is -2.28. The highest BCUT2D eigenvalue weighted by Gasteiger charge is 2.10. The van der Waals surface area contributed by atoms with E-state index >= 15 is 0 Å². The molecule has 0 saturated carbocycles. The summed E-state index contributed by atoms with van der Waals surface area (Å²) >= 11 is 0. The van der Waals surface area contributed by atoms with Crippen molar-refractivity contribution in [2.75, 3.05) is 46.4 Å². The second-order valence-electron chi connectivity index (χ2n) is 5.13. The van der Waals surface area contributed by atoms with E-state index in [0.29, 0.717) is 6.10 Å². The first-order valence-electron chi connectivity index (χ1n) is 6.71. The molecule has 1 rings (SSSR count). The van der Waals surface area contributed by atoms with Crippen LogP contribution in [0.1, 0.15) is 33.1 Å². The standard InChI is InChI=1S/C13H28N2O/c1-13(2)16-12-11-14(3)9-10-15-7-5-4-6-8-15/h13H,4-12H2,1-3H3. The molecule has 1 aliphatic rings. The Balaban J connectivity index is 1.98. The quantitative estimate of drug-likeness (QED) is 0.661. The molecule has 0 unspecified atom stereocenters. The Labute approximate surface area is 101 Å². The van der Waals surface area contributed by atoms with Crippen molar-refractivity contribution in [1.29, 1.82) is 0 Å². The van der Waals surface area contributed by atoms with Crippen LogP contribution in [-0.2, 0) is 4.74 Å². The van der Waals surface area contributed by atoms with Gasteiger partial charge in [0.2, 0.25) is 0 Å². The van der Waals surface area contributed by atoms with Crippen molar-refractivity contribution in [3.8, 4) is 0 Å². The van der Waals surface area contributed by atoms with Gasteiger partial charge < -0.3 is 14.5 Å². The minimum Gasteiger partial charge on any atom is -0.377 e. The molecule has 0 atom stereocenters. The molecule has 3 nitrogen and oxygen atoms in total. The third-order valence-electron chi connectivity index (χ3n) is 3.17. The molecule has 16 heavy (non-hydrogen) atoms. The number of piperidine rings is 1. The molecular weight excluding hydrogens is 200 g/mol. The molecule has 0 aromatic carbocycles. The molecule has 0 spiro atoms. The summed E-state index contributed by atoms with van der Waals surface area (Å²) in [5, 5.41) is 0. The topological polar surface area (TPSA) is 15.7 Å². The number of likely N-dealkylation sites (N-methyl/N-ethyl adjacent to an activating group) is 1. The predicted molar refractivity (Wildman–Crippen MR) is 68.9 cm³/mol. The van der Waals surface area contributed by atoms with E-state index in [1.807, 2.05) is 0 Å². The van der Waals surface area contributed by atoms with Crippen LogP contribution >= 0.6 is 0 Å². The van der Waals surface area contributed by atoms with Crippen LogP contribution in [0, 0.1) is 0 Å². The molecule has 0 N–H and O–H groups in total. The maximum Gasteiger partial charge on any atom is 0.0596 e. The predicted octanol–water partition coefficient (Wildman–Crippen LogP) is 1.83. The van der Waals surface area contributed by atoms with Gasteiger partial charge in [-0.15, -0.1) is 0 Å².